The zero-order valence-corrected chi connectivity index (χ0v) is 12.9. The van der Waals surface area contributed by atoms with Gasteiger partial charge in [0.25, 0.3) is 5.91 Å². The van der Waals surface area contributed by atoms with Gasteiger partial charge in [-0.15, -0.1) is 0 Å². The van der Waals surface area contributed by atoms with Crippen molar-refractivity contribution < 1.29 is 24.2 Å². The van der Waals surface area contributed by atoms with E-state index in [-0.39, 0.29) is 18.4 Å². The Balaban J connectivity index is 1.88. The van der Waals surface area contributed by atoms with E-state index in [4.69, 9.17) is 9.84 Å². The highest BCUT2D eigenvalue weighted by Crippen LogP contribution is 2.17. The Morgan fingerprint density at radius 1 is 1.30 bits per heavy atom. The molecule has 2 N–H and O–H groups in total. The van der Waals surface area contributed by atoms with Gasteiger partial charge in [-0.3, -0.25) is 9.59 Å². The molecule has 124 valence electrons. The van der Waals surface area contributed by atoms with Crippen LogP contribution in [0, 0.1) is 0 Å². The van der Waals surface area contributed by atoms with Crippen LogP contribution in [0.2, 0.25) is 0 Å². The van der Waals surface area contributed by atoms with E-state index in [1.807, 2.05) is 6.92 Å². The molecule has 0 radical (unpaired) electrons. The van der Waals surface area contributed by atoms with E-state index in [0.29, 0.717) is 37.3 Å². The van der Waals surface area contributed by atoms with Crippen molar-refractivity contribution in [2.45, 2.75) is 25.8 Å². The third-order valence-electron chi connectivity index (χ3n) is 3.69. The summed E-state index contributed by atoms with van der Waals surface area (Å²) in [6.07, 6.45) is 1.11. The van der Waals surface area contributed by atoms with Crippen LogP contribution in [0.5, 0.6) is 5.75 Å². The third-order valence-corrected chi connectivity index (χ3v) is 3.69. The number of carbonyl (C=O) groups excluding carboxylic acids is 2. The molecule has 2 rings (SSSR count). The molecule has 1 saturated heterocycles. The fourth-order valence-corrected chi connectivity index (χ4v) is 2.55. The SMILES string of the molecule is CCOc1ccc(C(=O)NCC(=O)N2CCCC2C(=O)O)cc1. The monoisotopic (exact) mass is 320 g/mol. The average Bonchev–Trinajstić information content (AvgIpc) is 3.03. The number of nitrogens with zero attached hydrogens (tertiary/aromatic N) is 1. The van der Waals surface area contributed by atoms with E-state index in [2.05, 4.69) is 5.32 Å². The highest BCUT2D eigenvalue weighted by molar-refractivity contribution is 5.97. The van der Waals surface area contributed by atoms with Crippen LogP contribution in [0.3, 0.4) is 0 Å². The molecule has 7 heteroatoms. The van der Waals surface area contributed by atoms with Crippen molar-refractivity contribution in [2.24, 2.45) is 0 Å². The molecule has 0 saturated carbocycles. The number of carbonyl (C=O) groups is 3. The second-order valence-electron chi connectivity index (χ2n) is 5.22. The van der Waals surface area contributed by atoms with Crippen LogP contribution < -0.4 is 10.1 Å². The van der Waals surface area contributed by atoms with Gasteiger partial charge in [-0.05, 0) is 44.0 Å². The minimum absolute atomic E-state index is 0.212. The van der Waals surface area contributed by atoms with Gasteiger partial charge in [0.2, 0.25) is 5.91 Å². The third kappa shape index (κ3) is 4.21. The van der Waals surface area contributed by atoms with Crippen LogP contribution in [0.4, 0.5) is 0 Å². The van der Waals surface area contributed by atoms with Gasteiger partial charge in [-0.25, -0.2) is 4.79 Å². The zero-order chi connectivity index (χ0) is 16.8. The fraction of sp³-hybridized carbons (Fsp3) is 0.438. The molecular formula is C16H20N2O5. The number of hydrogen-bond donors (Lipinski definition) is 2. The molecule has 1 heterocycles. The number of benzene rings is 1. The Hall–Kier alpha value is -2.57. The molecule has 1 aromatic carbocycles. The predicted octanol–water partition coefficient (Wildman–Crippen LogP) is 0.891. The maximum atomic E-state index is 12.1. The lowest BCUT2D eigenvalue weighted by Gasteiger charge is -2.21. The topological polar surface area (TPSA) is 95.9 Å². The van der Waals surface area contributed by atoms with Gasteiger partial charge < -0.3 is 20.1 Å². The summed E-state index contributed by atoms with van der Waals surface area (Å²) in [5, 5.41) is 11.6. The van der Waals surface area contributed by atoms with E-state index >= 15 is 0 Å². The highest BCUT2D eigenvalue weighted by atomic mass is 16.5. The molecule has 23 heavy (non-hydrogen) atoms. The first-order valence-corrected chi connectivity index (χ1v) is 7.56. The molecule has 7 nitrogen and oxygen atoms in total. The van der Waals surface area contributed by atoms with Crippen LogP contribution in [0.25, 0.3) is 0 Å². The quantitative estimate of drug-likeness (QED) is 0.811. The zero-order valence-electron chi connectivity index (χ0n) is 12.9. The highest BCUT2D eigenvalue weighted by Gasteiger charge is 2.33. The Kier molecular flexibility index (Phi) is 5.56. The number of amides is 2. The molecule has 1 unspecified atom stereocenters. The van der Waals surface area contributed by atoms with Crippen molar-refractivity contribution >= 4 is 17.8 Å². The first-order chi connectivity index (χ1) is 11.0. The predicted molar refractivity (Wildman–Crippen MR) is 82.3 cm³/mol. The van der Waals surface area contributed by atoms with Gasteiger partial charge in [0.05, 0.1) is 13.2 Å². The van der Waals surface area contributed by atoms with Gasteiger partial charge >= 0.3 is 5.97 Å². The minimum Gasteiger partial charge on any atom is -0.494 e. The second kappa shape index (κ2) is 7.62. The van der Waals surface area contributed by atoms with E-state index in [0.717, 1.165) is 0 Å². The molecular weight excluding hydrogens is 300 g/mol. The molecule has 1 aliphatic heterocycles. The Morgan fingerprint density at radius 3 is 2.61 bits per heavy atom. The van der Waals surface area contributed by atoms with Crippen molar-refractivity contribution in [1.29, 1.82) is 0 Å². The van der Waals surface area contributed by atoms with Crippen LogP contribution in [-0.4, -0.2) is 53.5 Å². The summed E-state index contributed by atoms with van der Waals surface area (Å²) in [5.41, 5.74) is 0.414. The molecule has 0 aliphatic carbocycles. The number of hydrogen-bond acceptors (Lipinski definition) is 4. The normalized spacial score (nSPS) is 16.9. The Bertz CT molecular complexity index is 585. The Morgan fingerprint density at radius 2 is 2.00 bits per heavy atom. The number of nitrogens with one attached hydrogen (secondary N) is 1. The average molecular weight is 320 g/mol. The molecule has 1 atom stereocenters. The van der Waals surface area contributed by atoms with E-state index in [9.17, 15) is 14.4 Å². The van der Waals surface area contributed by atoms with E-state index < -0.39 is 12.0 Å². The first-order valence-electron chi connectivity index (χ1n) is 7.56. The molecule has 1 fully saturated rings. The number of rotatable bonds is 6. The number of carboxylic acids is 1. The minimum atomic E-state index is -1.01. The van der Waals surface area contributed by atoms with E-state index in [1.54, 1.807) is 24.3 Å². The number of aliphatic carboxylic acids is 1. The molecule has 2 amide bonds. The number of ether oxygens (including phenoxy) is 1. The standard InChI is InChI=1S/C16H20N2O5/c1-2-23-12-7-5-11(6-8-12)15(20)17-10-14(19)18-9-3-4-13(18)16(21)22/h5-8,13H,2-4,9-10H2,1H3,(H,17,20)(H,21,22). The number of carboxylic acid groups (broad SMARTS) is 1. The van der Waals surface area contributed by atoms with Gasteiger partial charge in [-0.2, -0.15) is 0 Å². The Labute approximate surface area is 134 Å². The molecule has 0 bridgehead atoms. The molecule has 1 aliphatic rings. The molecule has 0 spiro atoms. The van der Waals surface area contributed by atoms with Crippen molar-refractivity contribution in [3.05, 3.63) is 29.8 Å². The lowest BCUT2D eigenvalue weighted by atomic mass is 10.2. The second-order valence-corrected chi connectivity index (χ2v) is 5.22. The van der Waals surface area contributed by atoms with Crippen LogP contribution in [0.1, 0.15) is 30.1 Å². The number of likely N-dealkylation sites (tertiary alicyclic amines) is 1. The van der Waals surface area contributed by atoms with Gasteiger partial charge in [0.1, 0.15) is 11.8 Å². The summed E-state index contributed by atoms with van der Waals surface area (Å²) in [4.78, 5) is 36.4. The van der Waals surface area contributed by atoms with Crippen molar-refractivity contribution in [3.8, 4) is 5.75 Å². The van der Waals surface area contributed by atoms with Gasteiger partial charge in [0, 0.05) is 12.1 Å². The van der Waals surface area contributed by atoms with Gasteiger partial charge in [0.15, 0.2) is 0 Å². The van der Waals surface area contributed by atoms with Crippen molar-refractivity contribution in [1.82, 2.24) is 10.2 Å². The largest absolute Gasteiger partial charge is 0.494 e. The maximum absolute atomic E-state index is 12.1. The van der Waals surface area contributed by atoms with Gasteiger partial charge in [-0.1, -0.05) is 0 Å². The van der Waals surface area contributed by atoms with E-state index in [1.165, 1.54) is 4.90 Å². The molecule has 0 aromatic heterocycles. The van der Waals surface area contributed by atoms with Crippen LogP contribution >= 0.6 is 0 Å². The summed E-state index contributed by atoms with van der Waals surface area (Å²) < 4.78 is 5.29. The van der Waals surface area contributed by atoms with Crippen molar-refractivity contribution in [2.75, 3.05) is 19.7 Å². The summed E-state index contributed by atoms with van der Waals surface area (Å²) in [5.74, 6) is -1.10. The smallest absolute Gasteiger partial charge is 0.326 e. The summed E-state index contributed by atoms with van der Waals surface area (Å²) >= 11 is 0. The maximum Gasteiger partial charge on any atom is 0.326 e. The summed E-state index contributed by atoms with van der Waals surface area (Å²) in [6, 6.07) is 5.80. The van der Waals surface area contributed by atoms with Crippen molar-refractivity contribution in [3.63, 3.8) is 0 Å². The fourth-order valence-electron chi connectivity index (χ4n) is 2.55. The lowest BCUT2D eigenvalue weighted by Crippen LogP contribution is -2.45. The lowest BCUT2D eigenvalue weighted by molar-refractivity contribution is -0.147. The molecule has 1 aromatic rings. The summed E-state index contributed by atoms with van der Waals surface area (Å²) in [6.45, 7) is 2.61. The van der Waals surface area contributed by atoms with Crippen LogP contribution in [-0.2, 0) is 9.59 Å². The summed E-state index contributed by atoms with van der Waals surface area (Å²) in [7, 11) is 0. The first kappa shape index (κ1) is 16.8. The van der Waals surface area contributed by atoms with Crippen LogP contribution in [0.15, 0.2) is 24.3 Å².